The average molecular weight is 237 g/mol. The molecule has 0 aromatic heterocycles. The predicted octanol–water partition coefficient (Wildman–Crippen LogP) is 1.66. The lowest BCUT2D eigenvalue weighted by Gasteiger charge is -2.40. The van der Waals surface area contributed by atoms with Crippen molar-refractivity contribution in [2.24, 2.45) is 11.8 Å². The second kappa shape index (κ2) is 3.67. The van der Waals surface area contributed by atoms with Gasteiger partial charge in [-0.2, -0.15) is 0 Å². The lowest BCUT2D eigenvalue weighted by atomic mass is 9.73. The molecule has 2 atom stereocenters. The van der Waals surface area contributed by atoms with Gasteiger partial charge in [-0.3, -0.25) is 4.79 Å². The largest absolute Gasteiger partial charge is 0.458 e. The van der Waals surface area contributed by atoms with Crippen molar-refractivity contribution in [1.82, 2.24) is 4.90 Å². The number of nitrogens with zero attached hydrogens (tertiary/aromatic N) is 1. The van der Waals surface area contributed by atoms with E-state index in [1.807, 2.05) is 6.08 Å². The maximum Gasteiger partial charge on any atom is 0.317 e. The smallest absolute Gasteiger partial charge is 0.317 e. The first kappa shape index (κ1) is 11.0. The minimum Gasteiger partial charge on any atom is -0.458 e. The standard InChI is InChI=1S/C13H16FNO2/c1-15-7-5-13(6-8-15)9-3-2-4-10(14)11(9)12(16)17-13/h2-4,9,11H,5-8H2,1H3. The Hall–Kier alpha value is -1.16. The molecule has 0 amide bonds. The normalized spacial score (nSPS) is 35.6. The van der Waals surface area contributed by atoms with E-state index in [1.54, 1.807) is 6.08 Å². The summed E-state index contributed by atoms with van der Waals surface area (Å²) in [5.74, 6) is -1.55. The predicted molar refractivity (Wildman–Crippen MR) is 60.9 cm³/mol. The average Bonchev–Trinajstić information content (AvgIpc) is 2.58. The maximum atomic E-state index is 13.7. The minimum atomic E-state index is -0.691. The van der Waals surface area contributed by atoms with Crippen LogP contribution in [0.4, 0.5) is 4.39 Å². The van der Waals surface area contributed by atoms with Gasteiger partial charge in [0.15, 0.2) is 0 Å². The van der Waals surface area contributed by atoms with Gasteiger partial charge in [-0.05, 0) is 13.1 Å². The van der Waals surface area contributed by atoms with Crippen LogP contribution in [0.1, 0.15) is 12.8 Å². The summed E-state index contributed by atoms with van der Waals surface area (Å²) in [4.78, 5) is 14.0. The van der Waals surface area contributed by atoms with Crippen molar-refractivity contribution in [3.63, 3.8) is 0 Å². The van der Waals surface area contributed by atoms with Gasteiger partial charge in [0.2, 0.25) is 0 Å². The van der Waals surface area contributed by atoms with Gasteiger partial charge in [-0.1, -0.05) is 12.2 Å². The van der Waals surface area contributed by atoms with Gasteiger partial charge >= 0.3 is 5.97 Å². The number of hydrogen-bond donors (Lipinski definition) is 0. The first-order valence-electron chi connectivity index (χ1n) is 6.08. The van der Waals surface area contributed by atoms with Crippen molar-refractivity contribution in [2.75, 3.05) is 20.1 Å². The highest BCUT2D eigenvalue weighted by Gasteiger charge is 2.57. The van der Waals surface area contributed by atoms with E-state index in [0.717, 1.165) is 25.9 Å². The molecule has 0 N–H and O–H groups in total. The zero-order chi connectivity index (χ0) is 12.0. The van der Waals surface area contributed by atoms with Crippen LogP contribution >= 0.6 is 0 Å². The Morgan fingerprint density at radius 3 is 2.88 bits per heavy atom. The van der Waals surface area contributed by atoms with Crippen molar-refractivity contribution in [1.29, 1.82) is 0 Å². The summed E-state index contributed by atoms with van der Waals surface area (Å²) in [6, 6.07) is 0. The number of piperidine rings is 1. The van der Waals surface area contributed by atoms with Crippen LogP contribution in [0, 0.1) is 11.8 Å². The van der Waals surface area contributed by atoms with E-state index in [4.69, 9.17) is 4.74 Å². The highest BCUT2D eigenvalue weighted by atomic mass is 19.1. The Morgan fingerprint density at radius 2 is 2.18 bits per heavy atom. The van der Waals surface area contributed by atoms with Crippen LogP contribution in [0.2, 0.25) is 0 Å². The Balaban J connectivity index is 1.91. The molecule has 2 saturated heterocycles. The fraction of sp³-hybridized carbons (Fsp3) is 0.615. The molecule has 1 aliphatic carbocycles. The van der Waals surface area contributed by atoms with Gasteiger partial charge in [0.25, 0.3) is 0 Å². The summed E-state index contributed by atoms with van der Waals surface area (Å²) in [5, 5.41) is 0. The molecule has 3 rings (SSSR count). The van der Waals surface area contributed by atoms with Crippen molar-refractivity contribution >= 4 is 5.97 Å². The van der Waals surface area contributed by atoms with Crippen LogP contribution in [0.5, 0.6) is 0 Å². The summed E-state index contributed by atoms with van der Waals surface area (Å²) >= 11 is 0. The third-order valence-electron chi connectivity index (χ3n) is 4.23. The quantitative estimate of drug-likeness (QED) is 0.600. The first-order valence-corrected chi connectivity index (χ1v) is 6.08. The fourth-order valence-corrected chi connectivity index (χ4v) is 3.16. The lowest BCUT2D eigenvalue weighted by Crippen LogP contribution is -2.46. The summed E-state index contributed by atoms with van der Waals surface area (Å²) in [7, 11) is 2.05. The molecule has 2 fully saturated rings. The number of rotatable bonds is 0. The van der Waals surface area contributed by atoms with Crippen molar-refractivity contribution < 1.29 is 13.9 Å². The topological polar surface area (TPSA) is 29.5 Å². The van der Waals surface area contributed by atoms with Crippen LogP contribution < -0.4 is 0 Å². The number of likely N-dealkylation sites (tertiary alicyclic amines) is 1. The summed E-state index contributed by atoms with van der Waals surface area (Å²) in [6.45, 7) is 1.80. The molecule has 0 aromatic rings. The molecule has 92 valence electrons. The second-order valence-corrected chi connectivity index (χ2v) is 5.23. The van der Waals surface area contributed by atoms with E-state index in [0.29, 0.717) is 0 Å². The fourth-order valence-electron chi connectivity index (χ4n) is 3.16. The number of allylic oxidation sites excluding steroid dienone is 2. The van der Waals surface area contributed by atoms with E-state index in [2.05, 4.69) is 11.9 Å². The molecule has 4 heteroatoms. The number of esters is 1. The van der Waals surface area contributed by atoms with Crippen LogP contribution in [-0.4, -0.2) is 36.6 Å². The van der Waals surface area contributed by atoms with E-state index in [-0.39, 0.29) is 11.7 Å². The van der Waals surface area contributed by atoms with Crippen LogP contribution in [0.15, 0.2) is 24.1 Å². The van der Waals surface area contributed by atoms with Gasteiger partial charge in [-0.25, -0.2) is 4.39 Å². The Bertz CT molecular complexity index is 408. The number of fused-ring (bicyclic) bond motifs is 2. The molecule has 3 aliphatic rings. The van der Waals surface area contributed by atoms with Crippen molar-refractivity contribution in [3.8, 4) is 0 Å². The third kappa shape index (κ3) is 1.54. The number of carbonyl (C=O) groups excluding carboxylic acids is 1. The number of halogens is 1. The Labute approximate surface area is 99.9 Å². The summed E-state index contributed by atoms with van der Waals surface area (Å²) < 4.78 is 19.3. The van der Waals surface area contributed by atoms with Gasteiger partial charge in [-0.15, -0.1) is 0 Å². The highest BCUT2D eigenvalue weighted by molar-refractivity contribution is 5.80. The molecule has 1 spiro atoms. The molecule has 3 nitrogen and oxygen atoms in total. The molecule has 2 aliphatic heterocycles. The van der Waals surface area contributed by atoms with Gasteiger partial charge in [0.1, 0.15) is 17.3 Å². The Kier molecular flexibility index (Phi) is 2.36. The van der Waals surface area contributed by atoms with Crippen LogP contribution in [0.3, 0.4) is 0 Å². The van der Waals surface area contributed by atoms with Gasteiger partial charge < -0.3 is 9.64 Å². The zero-order valence-electron chi connectivity index (χ0n) is 9.86. The molecule has 2 unspecified atom stereocenters. The molecule has 17 heavy (non-hydrogen) atoms. The molecular weight excluding hydrogens is 221 g/mol. The lowest BCUT2D eigenvalue weighted by molar-refractivity contribution is -0.154. The van der Waals surface area contributed by atoms with Gasteiger partial charge in [0.05, 0.1) is 0 Å². The third-order valence-corrected chi connectivity index (χ3v) is 4.23. The molecule has 0 radical (unpaired) electrons. The van der Waals surface area contributed by atoms with Crippen molar-refractivity contribution in [2.45, 2.75) is 18.4 Å². The molecule has 0 bridgehead atoms. The van der Waals surface area contributed by atoms with E-state index in [9.17, 15) is 9.18 Å². The second-order valence-electron chi connectivity index (χ2n) is 5.23. The van der Waals surface area contributed by atoms with Crippen molar-refractivity contribution in [3.05, 3.63) is 24.1 Å². The molecule has 2 heterocycles. The highest BCUT2D eigenvalue weighted by Crippen LogP contribution is 2.48. The molecule has 0 aromatic carbocycles. The first-order chi connectivity index (χ1) is 8.12. The van der Waals surface area contributed by atoms with E-state index in [1.165, 1.54) is 6.08 Å². The molecule has 0 saturated carbocycles. The minimum absolute atomic E-state index is 0.117. The molecular formula is C13H16FNO2. The number of ether oxygens (including phenoxy) is 1. The van der Waals surface area contributed by atoms with E-state index >= 15 is 0 Å². The van der Waals surface area contributed by atoms with Crippen LogP contribution in [0.25, 0.3) is 0 Å². The maximum absolute atomic E-state index is 13.7. The van der Waals surface area contributed by atoms with Gasteiger partial charge in [0, 0.05) is 31.8 Å². The monoisotopic (exact) mass is 237 g/mol. The summed E-state index contributed by atoms with van der Waals surface area (Å²) in [6.07, 6.45) is 6.61. The van der Waals surface area contributed by atoms with E-state index < -0.39 is 17.5 Å². The SMILES string of the molecule is CN1CCC2(CC1)OC(=O)C1C(F)=CC=CC12. The summed E-state index contributed by atoms with van der Waals surface area (Å²) in [5.41, 5.74) is -0.462. The number of carbonyl (C=O) groups is 1. The Morgan fingerprint density at radius 1 is 1.47 bits per heavy atom. The zero-order valence-corrected chi connectivity index (χ0v) is 9.86. The van der Waals surface area contributed by atoms with Crippen LogP contribution in [-0.2, 0) is 9.53 Å². The number of hydrogen-bond acceptors (Lipinski definition) is 3.